The van der Waals surface area contributed by atoms with Crippen molar-refractivity contribution < 1.29 is 18.0 Å². The van der Waals surface area contributed by atoms with E-state index < -0.39 is 11.6 Å². The molecule has 0 bridgehead atoms. The van der Waals surface area contributed by atoms with Crippen molar-refractivity contribution in [1.82, 2.24) is 0 Å². The van der Waals surface area contributed by atoms with Crippen LogP contribution in [-0.2, 0) is 11.6 Å². The zero-order valence-corrected chi connectivity index (χ0v) is 11.3. The van der Waals surface area contributed by atoms with E-state index in [0.29, 0.717) is 11.1 Å². The molecule has 10 nitrogen and oxygen atoms in total. The number of hydrogen-bond acceptors (Lipinski definition) is 5. The third-order valence-electron chi connectivity index (χ3n) is 1.84. The number of carbonyl (C=O) groups excluding carboxylic acids is 2. The van der Waals surface area contributed by atoms with Crippen LogP contribution in [0.25, 0.3) is 26.4 Å². The van der Waals surface area contributed by atoms with Crippen molar-refractivity contribution in [2.45, 2.75) is 0 Å². The molecule has 0 aliphatic heterocycles. The van der Waals surface area contributed by atoms with Gasteiger partial charge in [-0.2, -0.15) is 0 Å². The van der Waals surface area contributed by atoms with Crippen molar-refractivity contribution in [2.24, 2.45) is 0 Å². The second-order valence-electron chi connectivity index (χ2n) is 2.88. The molecule has 1 aromatic rings. The van der Waals surface area contributed by atoms with Gasteiger partial charge in [0.15, 0.2) is 11.6 Å². The van der Waals surface area contributed by atoms with E-state index in [1.165, 1.54) is 17.1 Å². The van der Waals surface area contributed by atoms with Crippen LogP contribution in [0.3, 0.4) is 0 Å². The third-order valence-corrected chi connectivity index (χ3v) is 1.84. The molecule has 0 spiro atoms. The van der Waals surface area contributed by atoms with E-state index in [1.54, 1.807) is 29.2 Å². The van der Waals surface area contributed by atoms with E-state index in [2.05, 4.69) is 0 Å². The van der Waals surface area contributed by atoms with Gasteiger partial charge in [0.2, 0.25) is 0 Å². The van der Waals surface area contributed by atoms with Crippen LogP contribution in [0.15, 0.2) is 36.4 Å². The lowest BCUT2D eigenvalue weighted by molar-refractivity contribution is 0.0994. The number of allylic oxidation sites excluding steroid dienone is 2. The van der Waals surface area contributed by atoms with Crippen molar-refractivity contribution in [3.05, 3.63) is 74.0 Å². The van der Waals surface area contributed by atoms with Crippen LogP contribution < -0.4 is 0 Å². The van der Waals surface area contributed by atoms with Crippen LogP contribution in [0, 0.1) is 5.53 Å². The van der Waals surface area contributed by atoms with Crippen LogP contribution in [0.5, 0.6) is 0 Å². The van der Waals surface area contributed by atoms with Gasteiger partial charge in [-0.25, -0.2) is 8.42 Å². The van der Waals surface area contributed by atoms with Gasteiger partial charge in [0.1, 0.15) is 11.6 Å². The van der Waals surface area contributed by atoms with Gasteiger partial charge < -0.3 is 11.1 Å². The normalized spacial score (nSPS) is 9.90. The summed E-state index contributed by atoms with van der Waals surface area (Å²) in [5.74, 6) is -0.185. The molecular weight excluding hydrogens is 300 g/mol. The Balaban J connectivity index is 0. The number of fused-ring (bicyclic) bond motifs is 1. The monoisotopic (exact) mass is 309 g/mol. The number of nitrogens with one attached hydrogen (secondary N) is 1. The number of carbonyl (C=O) groups is 2. The molecule has 0 radical (unpaired) electrons. The Bertz CT molecular complexity index is 573. The minimum absolute atomic E-state index is 0.0924. The second-order valence-corrected chi connectivity index (χ2v) is 3.05. The summed E-state index contributed by atoms with van der Waals surface area (Å²) < 4.78 is 16.8. The summed E-state index contributed by atoms with van der Waals surface area (Å²) in [6, 6.07) is 6.84. The van der Waals surface area contributed by atoms with Gasteiger partial charge in [0.25, 0.3) is 0 Å². The smallest absolute Gasteiger partial charge is 0.186 e. The number of ketones is 2. The van der Waals surface area contributed by atoms with Crippen LogP contribution in [-0.4, -0.2) is 20.0 Å². The maximum Gasteiger partial charge on any atom is 0.186 e. The molecule has 110 valence electrons. The number of hydrogen-bond donors (Lipinski definition) is 1. The lowest BCUT2D eigenvalue weighted by atomic mass is 9.95. The number of rotatable bonds is 0. The van der Waals surface area contributed by atoms with Gasteiger partial charge in [0.05, 0.1) is 0 Å². The van der Waals surface area contributed by atoms with Crippen molar-refractivity contribution in [3.8, 4) is 0 Å². The predicted octanol–water partition coefficient (Wildman–Crippen LogP) is 2.16. The van der Waals surface area contributed by atoms with E-state index in [1.807, 2.05) is 0 Å². The highest BCUT2D eigenvalue weighted by molar-refractivity contribution is 7.51. The first kappa shape index (κ1) is 20.2. The topological polar surface area (TPSA) is 187 Å². The predicted molar refractivity (Wildman–Crippen MR) is 75.5 cm³/mol. The Hall–Kier alpha value is -3.13. The molecule has 0 saturated heterocycles. The highest BCUT2D eigenvalue weighted by Gasteiger charge is 2.16. The molecule has 0 heterocycles. The zero-order chi connectivity index (χ0) is 16.7. The molecule has 2 rings (SSSR count). The summed E-state index contributed by atoms with van der Waals surface area (Å²) in [5.41, 5.74) is 26.8. The summed E-state index contributed by atoms with van der Waals surface area (Å²) in [5, 5.41) is 0. The van der Waals surface area contributed by atoms with Crippen molar-refractivity contribution in [1.29, 1.82) is 5.53 Å². The summed E-state index contributed by atoms with van der Waals surface area (Å²) in [6.45, 7) is 0. The fraction of sp³-hybridized carbons (Fsp3) is 0. The fourth-order valence-electron chi connectivity index (χ4n) is 1.24. The Morgan fingerprint density at radius 1 is 0.905 bits per heavy atom. The van der Waals surface area contributed by atoms with Crippen molar-refractivity contribution in [2.75, 3.05) is 0 Å². The molecule has 1 N–H and O–H groups in total. The molecule has 0 aromatic heterocycles. The van der Waals surface area contributed by atoms with E-state index in [0.717, 1.165) is 0 Å². The molecule has 0 amide bonds. The maximum absolute atomic E-state index is 11.2. The average Bonchev–Trinajstić information content (AvgIpc) is 2.46. The highest BCUT2D eigenvalue weighted by atomic mass is 32.1. The lowest BCUT2D eigenvalue weighted by Gasteiger charge is -2.06. The zero-order valence-electron chi connectivity index (χ0n) is 10.3. The van der Waals surface area contributed by atoms with Gasteiger partial charge in [-0.1, -0.05) is 24.3 Å². The molecule has 1 aromatic carbocycles. The molecule has 0 unspecified atom stereocenters. The van der Waals surface area contributed by atoms with Crippen LogP contribution in [0.1, 0.15) is 20.7 Å². The number of benzene rings is 1. The molecule has 1 aliphatic carbocycles. The maximum atomic E-state index is 11.2. The van der Waals surface area contributed by atoms with Gasteiger partial charge in [0, 0.05) is 11.1 Å². The first-order valence-electron chi connectivity index (χ1n) is 4.88. The Morgan fingerprint density at radius 2 is 1.14 bits per heavy atom. The minimum atomic E-state index is -1.42. The SMILES string of the molecule is O=C1C=CC(=O)c2ccccc21.O=[SH2]=O.[N-]=[N+]=N.[N-]=[N+]=[N-]. The highest BCUT2D eigenvalue weighted by Crippen LogP contribution is 2.15. The lowest BCUT2D eigenvalue weighted by Crippen LogP contribution is -2.10. The van der Waals surface area contributed by atoms with Crippen LogP contribution >= 0.6 is 0 Å². The Kier molecular flexibility index (Phi) is 12.8. The molecular formula is C10H9N6O4S-. The molecule has 0 fully saturated rings. The van der Waals surface area contributed by atoms with Crippen LogP contribution in [0.4, 0.5) is 0 Å². The molecule has 11 heteroatoms. The van der Waals surface area contributed by atoms with Crippen molar-refractivity contribution in [3.63, 3.8) is 0 Å². The first-order chi connectivity index (χ1) is 10.0. The average molecular weight is 309 g/mol. The van der Waals surface area contributed by atoms with Gasteiger partial charge in [-0.3, -0.25) is 14.5 Å². The Morgan fingerprint density at radius 3 is 1.38 bits per heavy atom. The second kappa shape index (κ2) is 13.3. The summed E-state index contributed by atoms with van der Waals surface area (Å²) in [6.07, 6.45) is 2.62. The summed E-state index contributed by atoms with van der Waals surface area (Å²) >= 11 is -1.42. The standard InChI is InChI=1S/C10H6O2.HN3.N3.H2O2S/c11-9-5-6-10(12)8-4-2-1-3-7(8)9;3*1-3-2/h1-6H;1H;;3H2/q;;-1;. The third kappa shape index (κ3) is 8.56. The van der Waals surface area contributed by atoms with Gasteiger partial charge in [-0.15, -0.1) is 5.53 Å². The van der Waals surface area contributed by atoms with E-state index >= 15 is 0 Å². The number of nitrogens with zero attached hydrogens (tertiary/aromatic N) is 5. The fourth-order valence-corrected chi connectivity index (χ4v) is 1.24. The first-order valence-corrected chi connectivity index (χ1v) is 5.69. The van der Waals surface area contributed by atoms with E-state index in [-0.39, 0.29) is 11.6 Å². The molecule has 1 aliphatic rings. The quantitative estimate of drug-likeness (QED) is 0.436. The summed E-state index contributed by atoms with van der Waals surface area (Å²) in [7, 11) is 0. The molecule has 0 saturated carbocycles. The largest absolute Gasteiger partial charge is 0.373 e. The summed E-state index contributed by atoms with van der Waals surface area (Å²) in [4.78, 5) is 25.6. The molecule has 0 atom stereocenters. The minimum Gasteiger partial charge on any atom is -0.373 e. The molecule has 21 heavy (non-hydrogen) atoms. The van der Waals surface area contributed by atoms with Crippen molar-refractivity contribution >= 4 is 23.1 Å². The van der Waals surface area contributed by atoms with Gasteiger partial charge in [-0.05, 0) is 22.6 Å². The van der Waals surface area contributed by atoms with E-state index in [9.17, 15) is 9.59 Å². The van der Waals surface area contributed by atoms with Gasteiger partial charge >= 0.3 is 0 Å². The van der Waals surface area contributed by atoms with Crippen LogP contribution in [0.2, 0.25) is 0 Å². The van der Waals surface area contributed by atoms with E-state index in [4.69, 9.17) is 30.5 Å². The Labute approximate surface area is 121 Å².